The molecule has 0 rings (SSSR count). The molecule has 0 aromatic carbocycles. The van der Waals surface area contributed by atoms with Crippen molar-refractivity contribution in [3.63, 3.8) is 0 Å². The van der Waals surface area contributed by atoms with E-state index < -0.39 is 11.6 Å². The molecule has 12 heavy (non-hydrogen) atoms. The van der Waals surface area contributed by atoms with E-state index in [4.69, 9.17) is 4.74 Å². The Morgan fingerprint density at radius 3 is 2.50 bits per heavy atom. The van der Waals surface area contributed by atoms with Crippen molar-refractivity contribution in [1.29, 1.82) is 0 Å². The fourth-order valence-electron chi connectivity index (χ4n) is 0.508. The van der Waals surface area contributed by atoms with E-state index in [-0.39, 0.29) is 0 Å². The fourth-order valence-corrected chi connectivity index (χ4v) is 0.508. The van der Waals surface area contributed by atoms with Crippen molar-refractivity contribution in [2.75, 3.05) is 13.6 Å². The van der Waals surface area contributed by atoms with Crippen molar-refractivity contribution in [2.24, 2.45) is 0 Å². The first-order chi connectivity index (χ1) is 5.45. The average Bonchev–Trinajstić information content (AvgIpc) is 1.84. The van der Waals surface area contributed by atoms with Gasteiger partial charge in [0.05, 0.1) is 6.54 Å². The lowest BCUT2D eigenvalue weighted by Crippen LogP contribution is -2.22. The molecule has 0 aromatic heterocycles. The molecular weight excluding hydrogens is 154 g/mol. The van der Waals surface area contributed by atoms with Gasteiger partial charge in [-0.05, 0) is 27.8 Å². The van der Waals surface area contributed by atoms with E-state index in [1.807, 2.05) is 20.8 Å². The van der Waals surface area contributed by atoms with E-state index >= 15 is 0 Å². The van der Waals surface area contributed by atoms with Gasteiger partial charge in [-0.2, -0.15) is 0 Å². The number of carbonyl (C=O) groups excluding carboxylic acids is 1. The van der Waals surface area contributed by atoms with Gasteiger partial charge in [0.1, 0.15) is 5.60 Å². The lowest BCUT2D eigenvalue weighted by Gasteiger charge is -2.16. The quantitative estimate of drug-likeness (QED) is 0.354. The number of nitrogens with one attached hydrogen (secondary N) is 1. The second-order valence-corrected chi connectivity index (χ2v) is 3.33. The van der Waals surface area contributed by atoms with E-state index in [0.29, 0.717) is 6.54 Å². The van der Waals surface area contributed by atoms with Crippen LogP contribution in [0.3, 0.4) is 0 Å². The summed E-state index contributed by atoms with van der Waals surface area (Å²) < 4.78 is 4.94. The number of carbonyl (C=O) groups is 1. The highest BCUT2D eigenvalue weighted by Crippen LogP contribution is 2.05. The maximum Gasteiger partial charge on any atom is 0.384 e. The van der Waals surface area contributed by atoms with E-state index in [0.717, 1.165) is 0 Å². The van der Waals surface area contributed by atoms with Crippen LogP contribution >= 0.6 is 0 Å². The highest BCUT2D eigenvalue weighted by molar-refractivity contribution is 5.88. The van der Waals surface area contributed by atoms with Gasteiger partial charge in [0.25, 0.3) is 0 Å². The third-order valence-corrected chi connectivity index (χ3v) is 0.854. The number of hydrogen-bond donors (Lipinski definition) is 1. The first kappa shape index (κ1) is 11.0. The summed E-state index contributed by atoms with van der Waals surface area (Å²) >= 11 is 0. The zero-order chi connectivity index (χ0) is 9.61. The molecule has 0 atom stereocenters. The average molecular weight is 169 g/mol. The Labute approximate surface area is 73.5 Å². The molecule has 0 aliphatic heterocycles. The Hall–Kier alpha value is -1.01. The Morgan fingerprint density at radius 2 is 2.08 bits per heavy atom. The minimum atomic E-state index is -0.474. The van der Waals surface area contributed by atoms with E-state index in [9.17, 15) is 4.79 Å². The number of rotatable bonds is 1. The zero-order valence-electron chi connectivity index (χ0n) is 8.02. The standard InChI is InChI=1S/C9H15NO2/c1-9(2,3)12-8(11)6-5-7-10-4/h10H,7H2,1-4H3. The summed E-state index contributed by atoms with van der Waals surface area (Å²) in [6.45, 7) is 5.93. The molecule has 0 amide bonds. The Bertz CT molecular complexity index is 205. The molecule has 3 heteroatoms. The third-order valence-electron chi connectivity index (χ3n) is 0.854. The predicted octanol–water partition coefficient (Wildman–Crippen LogP) is 0.551. The van der Waals surface area contributed by atoms with Crippen LogP contribution < -0.4 is 5.32 Å². The van der Waals surface area contributed by atoms with Crippen molar-refractivity contribution >= 4 is 5.97 Å². The Morgan fingerprint density at radius 1 is 1.50 bits per heavy atom. The van der Waals surface area contributed by atoms with E-state index in [1.165, 1.54) is 0 Å². The Kier molecular flexibility index (Phi) is 4.38. The molecule has 0 fully saturated rings. The Balaban J connectivity index is 3.85. The van der Waals surface area contributed by atoms with Gasteiger partial charge in [0.2, 0.25) is 0 Å². The van der Waals surface area contributed by atoms with Crippen molar-refractivity contribution in [1.82, 2.24) is 5.32 Å². The summed E-state index contributed by atoms with van der Waals surface area (Å²) in [5.74, 6) is 4.51. The minimum Gasteiger partial charge on any atom is -0.450 e. The molecule has 0 spiro atoms. The minimum absolute atomic E-state index is 0.453. The summed E-state index contributed by atoms with van der Waals surface area (Å²) in [6, 6.07) is 0. The number of esters is 1. The molecule has 0 heterocycles. The largest absolute Gasteiger partial charge is 0.450 e. The van der Waals surface area contributed by atoms with Crippen LogP contribution in [0.15, 0.2) is 0 Å². The summed E-state index contributed by atoms with van der Waals surface area (Å²) in [5.41, 5.74) is -0.453. The maximum atomic E-state index is 10.9. The highest BCUT2D eigenvalue weighted by atomic mass is 16.6. The van der Waals surface area contributed by atoms with Crippen molar-refractivity contribution in [3.05, 3.63) is 0 Å². The lowest BCUT2D eigenvalue weighted by atomic mass is 10.2. The third kappa shape index (κ3) is 7.10. The summed E-state index contributed by atoms with van der Waals surface area (Å²) in [7, 11) is 1.77. The molecule has 0 saturated carbocycles. The van der Waals surface area contributed by atoms with Crippen LogP contribution in [0.4, 0.5) is 0 Å². The molecule has 68 valence electrons. The highest BCUT2D eigenvalue weighted by Gasteiger charge is 2.13. The molecule has 0 aliphatic carbocycles. The molecule has 0 aromatic rings. The van der Waals surface area contributed by atoms with E-state index in [2.05, 4.69) is 17.2 Å². The van der Waals surface area contributed by atoms with Crippen LogP contribution in [-0.4, -0.2) is 25.2 Å². The van der Waals surface area contributed by atoms with Gasteiger partial charge in [-0.25, -0.2) is 4.79 Å². The summed E-state index contributed by atoms with van der Waals surface area (Å²) in [4.78, 5) is 10.9. The lowest BCUT2D eigenvalue weighted by molar-refractivity contribution is -0.147. The van der Waals surface area contributed by atoms with Crippen LogP contribution in [0.2, 0.25) is 0 Å². The SMILES string of the molecule is CNCC#CC(=O)OC(C)(C)C. The van der Waals surface area contributed by atoms with Gasteiger partial charge in [0.15, 0.2) is 0 Å². The topological polar surface area (TPSA) is 38.3 Å². The molecule has 0 unspecified atom stereocenters. The zero-order valence-corrected chi connectivity index (χ0v) is 8.02. The second kappa shape index (κ2) is 4.78. The van der Waals surface area contributed by atoms with Gasteiger partial charge in [-0.1, -0.05) is 5.92 Å². The molecule has 0 aliphatic rings. The fraction of sp³-hybridized carbons (Fsp3) is 0.667. The smallest absolute Gasteiger partial charge is 0.384 e. The molecule has 1 N–H and O–H groups in total. The van der Waals surface area contributed by atoms with Gasteiger partial charge in [-0.3, -0.25) is 0 Å². The molecule has 0 saturated heterocycles. The molecule has 0 radical (unpaired) electrons. The van der Waals surface area contributed by atoms with Crippen LogP contribution in [0, 0.1) is 11.8 Å². The van der Waals surface area contributed by atoms with Crippen molar-refractivity contribution in [3.8, 4) is 11.8 Å². The number of ether oxygens (including phenoxy) is 1. The molecular formula is C9H15NO2. The van der Waals surface area contributed by atoms with Crippen LogP contribution in [0.1, 0.15) is 20.8 Å². The monoisotopic (exact) mass is 169 g/mol. The van der Waals surface area contributed by atoms with Crippen molar-refractivity contribution < 1.29 is 9.53 Å². The predicted molar refractivity (Wildman–Crippen MR) is 47.5 cm³/mol. The molecule has 0 bridgehead atoms. The van der Waals surface area contributed by atoms with Gasteiger partial charge >= 0.3 is 5.97 Å². The maximum absolute atomic E-state index is 10.9. The molecule has 3 nitrogen and oxygen atoms in total. The first-order valence-corrected chi connectivity index (χ1v) is 3.82. The van der Waals surface area contributed by atoms with Crippen molar-refractivity contribution in [2.45, 2.75) is 26.4 Å². The normalized spacial score (nSPS) is 10.0. The van der Waals surface area contributed by atoms with Gasteiger partial charge < -0.3 is 10.1 Å². The second-order valence-electron chi connectivity index (χ2n) is 3.33. The van der Waals surface area contributed by atoms with E-state index in [1.54, 1.807) is 7.05 Å². The van der Waals surface area contributed by atoms with Crippen LogP contribution in [0.25, 0.3) is 0 Å². The number of hydrogen-bond acceptors (Lipinski definition) is 3. The van der Waals surface area contributed by atoms with Crippen LogP contribution in [0.5, 0.6) is 0 Å². The summed E-state index contributed by atoms with van der Waals surface area (Å²) in [5, 5.41) is 2.80. The summed E-state index contributed by atoms with van der Waals surface area (Å²) in [6.07, 6.45) is 0. The van der Waals surface area contributed by atoms with Gasteiger partial charge in [-0.15, -0.1) is 0 Å². The van der Waals surface area contributed by atoms with Gasteiger partial charge in [0, 0.05) is 5.92 Å². The first-order valence-electron chi connectivity index (χ1n) is 3.82. The van der Waals surface area contributed by atoms with Crippen LogP contribution in [-0.2, 0) is 9.53 Å².